The van der Waals surface area contributed by atoms with Crippen molar-refractivity contribution in [3.63, 3.8) is 0 Å². The summed E-state index contributed by atoms with van der Waals surface area (Å²) in [5.41, 5.74) is 0.912. The Kier molecular flexibility index (Phi) is 4.78. The number of Topliss-reactive ketones (excluding diaryl/α,β-unsaturated/α-hetero) is 1. The van der Waals surface area contributed by atoms with Gasteiger partial charge in [0.1, 0.15) is 5.75 Å². The Labute approximate surface area is 106 Å². The zero-order valence-electron chi connectivity index (χ0n) is 10.1. The second-order valence-corrected chi connectivity index (χ2v) is 6.02. The molecule has 0 bridgehead atoms. The fourth-order valence-corrected chi connectivity index (χ4v) is 2.66. The van der Waals surface area contributed by atoms with E-state index in [-0.39, 0.29) is 11.3 Å². The predicted molar refractivity (Wildman–Crippen MR) is 67.9 cm³/mol. The first-order valence-electron chi connectivity index (χ1n) is 5.44. The molecule has 0 aliphatic carbocycles. The highest BCUT2D eigenvalue weighted by Crippen LogP contribution is 2.14. The number of halogens is 1. The molecule has 18 heavy (non-hydrogen) atoms. The van der Waals surface area contributed by atoms with Crippen molar-refractivity contribution in [2.24, 2.45) is 0 Å². The molecular weight excluding hydrogens is 255 g/mol. The van der Waals surface area contributed by atoms with Gasteiger partial charge in [-0.15, -0.1) is 6.58 Å². The number of ketones is 1. The molecule has 0 aliphatic rings. The van der Waals surface area contributed by atoms with Crippen LogP contribution in [0, 0.1) is 6.92 Å². The van der Waals surface area contributed by atoms with Gasteiger partial charge >= 0.3 is 0 Å². The predicted octanol–water partition coefficient (Wildman–Crippen LogP) is 2.25. The number of hydrogen-bond donors (Lipinski definition) is 0. The number of aryl methyl sites for hydroxylation is 1. The van der Waals surface area contributed by atoms with Gasteiger partial charge in [-0.05, 0) is 19.1 Å². The maximum absolute atomic E-state index is 13.2. The minimum absolute atomic E-state index is 0.0345. The number of benzene rings is 1. The van der Waals surface area contributed by atoms with E-state index in [1.54, 1.807) is 12.1 Å². The van der Waals surface area contributed by atoms with E-state index in [1.807, 2.05) is 6.92 Å². The van der Waals surface area contributed by atoms with Gasteiger partial charge in [0.15, 0.2) is 21.8 Å². The molecule has 0 fully saturated rings. The van der Waals surface area contributed by atoms with Crippen LogP contribution in [0.4, 0.5) is 4.39 Å². The minimum Gasteiger partial charge on any atom is -0.295 e. The van der Waals surface area contributed by atoms with Crippen molar-refractivity contribution in [1.82, 2.24) is 0 Å². The Morgan fingerprint density at radius 1 is 1.39 bits per heavy atom. The molecule has 1 aromatic rings. The summed E-state index contributed by atoms with van der Waals surface area (Å²) in [6.45, 7) is 5.13. The molecule has 1 unspecified atom stereocenters. The monoisotopic (exact) mass is 270 g/mol. The summed E-state index contributed by atoms with van der Waals surface area (Å²) in [7, 11) is -3.76. The van der Waals surface area contributed by atoms with Crippen LogP contribution in [0.15, 0.2) is 41.8 Å². The van der Waals surface area contributed by atoms with Gasteiger partial charge in [-0.3, -0.25) is 4.79 Å². The normalized spacial score (nSPS) is 13.0. The molecule has 1 rings (SSSR count). The highest BCUT2D eigenvalue weighted by atomic mass is 32.2. The van der Waals surface area contributed by atoms with Crippen molar-refractivity contribution in [2.75, 3.05) is 5.75 Å². The molecule has 0 aromatic heterocycles. The molecule has 98 valence electrons. The van der Waals surface area contributed by atoms with Gasteiger partial charge < -0.3 is 0 Å². The fraction of sp³-hybridized carbons (Fsp3) is 0.308. The molecule has 1 atom stereocenters. The van der Waals surface area contributed by atoms with Crippen LogP contribution in [0.5, 0.6) is 0 Å². The number of sulfone groups is 1. The number of carbonyl (C=O) groups is 1. The molecule has 1 aromatic carbocycles. The summed E-state index contributed by atoms with van der Waals surface area (Å²) in [5, 5.41) is 0. The lowest BCUT2D eigenvalue weighted by atomic mass is 10.2. The fourth-order valence-electron chi connectivity index (χ4n) is 1.38. The molecule has 0 saturated carbocycles. The van der Waals surface area contributed by atoms with E-state index in [0.717, 1.165) is 5.56 Å². The third-order valence-corrected chi connectivity index (χ3v) is 4.09. The molecule has 0 N–H and O–H groups in total. The highest BCUT2D eigenvalue weighted by molar-refractivity contribution is 7.92. The smallest absolute Gasteiger partial charge is 0.185 e. The van der Waals surface area contributed by atoms with Crippen molar-refractivity contribution < 1.29 is 17.6 Å². The summed E-state index contributed by atoms with van der Waals surface area (Å²) in [5.74, 6) is -1.75. The number of allylic oxidation sites excluding steroid dienone is 1. The third kappa shape index (κ3) is 3.77. The highest BCUT2D eigenvalue weighted by Gasteiger charge is 2.24. The van der Waals surface area contributed by atoms with Crippen LogP contribution in [0.3, 0.4) is 0 Å². The van der Waals surface area contributed by atoms with Crippen LogP contribution >= 0.6 is 0 Å². The molecular formula is C13H15FO3S. The topological polar surface area (TPSA) is 51.2 Å². The summed E-state index contributed by atoms with van der Waals surface area (Å²) in [6, 6.07) is 6.10. The molecule has 3 nitrogen and oxygen atoms in total. The zero-order valence-corrected chi connectivity index (χ0v) is 10.9. The standard InChI is InChI=1S/C13H15FO3S/c1-3-4-12(14)13(15)9-18(16,17)11-7-5-10(2)6-8-11/h3,5-8,12H,1,4,9H2,2H3. The molecule has 0 heterocycles. The quantitative estimate of drug-likeness (QED) is 0.745. The Hall–Kier alpha value is -1.49. The van der Waals surface area contributed by atoms with Crippen LogP contribution in [0.25, 0.3) is 0 Å². The molecule has 0 saturated heterocycles. The van der Waals surface area contributed by atoms with Crippen molar-refractivity contribution in [2.45, 2.75) is 24.4 Å². The van der Waals surface area contributed by atoms with Gasteiger partial charge in [-0.2, -0.15) is 0 Å². The van der Waals surface area contributed by atoms with Crippen LogP contribution in [0.1, 0.15) is 12.0 Å². The van der Waals surface area contributed by atoms with Crippen LogP contribution in [-0.2, 0) is 14.6 Å². The maximum Gasteiger partial charge on any atom is 0.185 e. The van der Waals surface area contributed by atoms with E-state index in [0.29, 0.717) is 0 Å². The SMILES string of the molecule is C=CCC(F)C(=O)CS(=O)(=O)c1ccc(C)cc1. The second kappa shape index (κ2) is 5.91. The van der Waals surface area contributed by atoms with Crippen molar-refractivity contribution in [3.8, 4) is 0 Å². The number of carbonyl (C=O) groups excluding carboxylic acids is 1. The molecule has 5 heteroatoms. The molecule has 0 amide bonds. The Bertz CT molecular complexity index is 532. The Balaban J connectivity index is 2.85. The van der Waals surface area contributed by atoms with E-state index in [1.165, 1.54) is 18.2 Å². The average molecular weight is 270 g/mol. The van der Waals surface area contributed by atoms with E-state index >= 15 is 0 Å². The van der Waals surface area contributed by atoms with Gasteiger partial charge in [0, 0.05) is 6.42 Å². The largest absolute Gasteiger partial charge is 0.295 e. The van der Waals surface area contributed by atoms with Crippen LogP contribution in [0.2, 0.25) is 0 Å². The lowest BCUT2D eigenvalue weighted by molar-refractivity contribution is -0.121. The average Bonchev–Trinajstić information content (AvgIpc) is 2.29. The van der Waals surface area contributed by atoms with Crippen LogP contribution in [-0.4, -0.2) is 26.1 Å². The maximum atomic E-state index is 13.2. The van der Waals surface area contributed by atoms with Gasteiger partial charge in [0.25, 0.3) is 0 Å². The van der Waals surface area contributed by atoms with Crippen molar-refractivity contribution in [3.05, 3.63) is 42.5 Å². The van der Waals surface area contributed by atoms with Crippen molar-refractivity contribution >= 4 is 15.6 Å². The number of rotatable bonds is 6. The first-order valence-corrected chi connectivity index (χ1v) is 7.09. The number of hydrogen-bond acceptors (Lipinski definition) is 3. The summed E-state index contributed by atoms with van der Waals surface area (Å²) < 4.78 is 36.9. The Morgan fingerprint density at radius 3 is 2.44 bits per heavy atom. The van der Waals surface area contributed by atoms with Gasteiger partial charge in [0.2, 0.25) is 0 Å². The molecule has 0 radical (unpaired) electrons. The number of alkyl halides is 1. The lowest BCUT2D eigenvalue weighted by Gasteiger charge is -2.06. The van der Waals surface area contributed by atoms with Crippen LogP contribution < -0.4 is 0 Å². The third-order valence-electron chi connectivity index (χ3n) is 2.44. The Morgan fingerprint density at radius 2 is 1.94 bits per heavy atom. The van der Waals surface area contributed by atoms with E-state index < -0.39 is 27.5 Å². The second-order valence-electron chi connectivity index (χ2n) is 4.03. The van der Waals surface area contributed by atoms with Crippen molar-refractivity contribution in [1.29, 1.82) is 0 Å². The minimum atomic E-state index is -3.76. The molecule has 0 aliphatic heterocycles. The lowest BCUT2D eigenvalue weighted by Crippen LogP contribution is -2.24. The first-order chi connectivity index (χ1) is 8.36. The first kappa shape index (κ1) is 14.6. The van der Waals surface area contributed by atoms with E-state index in [9.17, 15) is 17.6 Å². The van der Waals surface area contributed by atoms with E-state index in [4.69, 9.17) is 0 Å². The zero-order chi connectivity index (χ0) is 13.8. The summed E-state index contributed by atoms with van der Waals surface area (Å²) >= 11 is 0. The van der Waals surface area contributed by atoms with Gasteiger partial charge in [0.05, 0.1) is 4.90 Å². The van der Waals surface area contributed by atoms with E-state index in [2.05, 4.69) is 6.58 Å². The van der Waals surface area contributed by atoms with Gasteiger partial charge in [-0.1, -0.05) is 23.8 Å². The summed E-state index contributed by atoms with van der Waals surface area (Å²) in [4.78, 5) is 11.4. The molecule has 0 spiro atoms. The summed E-state index contributed by atoms with van der Waals surface area (Å²) in [6.07, 6.45) is -0.716. The van der Waals surface area contributed by atoms with Gasteiger partial charge in [-0.25, -0.2) is 12.8 Å².